The maximum absolute atomic E-state index is 15.8. The number of carbonyl (C=O) groups excluding carboxylic acids is 1. The minimum absolute atomic E-state index is 0.0219. The molecule has 82 heavy (non-hydrogen) atoms. The molecule has 0 bridgehead atoms. The Kier molecular flexibility index (Phi) is 23.8. The number of ketones is 1. The Labute approximate surface area is 512 Å². The third-order valence-electron chi connectivity index (χ3n) is 20.8. The van der Waals surface area contributed by atoms with Crippen molar-refractivity contribution in [2.45, 2.75) is 299 Å². The van der Waals surface area contributed by atoms with Crippen LogP contribution >= 0.6 is 22.6 Å². The number of sulfone groups is 1. The molecule has 0 spiro atoms. The van der Waals surface area contributed by atoms with Crippen LogP contribution in [0.25, 0.3) is 0 Å². The molecule has 6 heterocycles. The van der Waals surface area contributed by atoms with Gasteiger partial charge in [-0.2, -0.15) is 0 Å². The zero-order valence-corrected chi connectivity index (χ0v) is 58.3. The lowest BCUT2D eigenvalue weighted by atomic mass is 9.78. The average molecular weight is 1310 g/mol. The van der Waals surface area contributed by atoms with Crippen molar-refractivity contribution in [1.82, 2.24) is 0 Å². The maximum Gasteiger partial charge on any atom is 0.193 e. The van der Waals surface area contributed by atoms with E-state index >= 15 is 13.2 Å². The normalized spacial score (nSPS) is 34.1. The van der Waals surface area contributed by atoms with Crippen molar-refractivity contribution in [2.75, 3.05) is 13.2 Å². The van der Waals surface area contributed by atoms with Crippen molar-refractivity contribution in [1.29, 1.82) is 0 Å². The van der Waals surface area contributed by atoms with Crippen LogP contribution in [0, 0.1) is 29.6 Å². The Morgan fingerprint density at radius 1 is 0.805 bits per heavy atom. The first-order valence-corrected chi connectivity index (χ1v) is 40.3. The van der Waals surface area contributed by atoms with E-state index in [9.17, 15) is 0 Å². The van der Waals surface area contributed by atoms with Gasteiger partial charge in [0.1, 0.15) is 11.4 Å². The van der Waals surface area contributed by atoms with Gasteiger partial charge in [0.2, 0.25) is 0 Å². The van der Waals surface area contributed by atoms with Gasteiger partial charge in [-0.1, -0.05) is 137 Å². The van der Waals surface area contributed by atoms with Crippen molar-refractivity contribution in [3.63, 3.8) is 0 Å². The monoisotopic (exact) mass is 1310 g/mol. The van der Waals surface area contributed by atoms with Gasteiger partial charge in [0, 0.05) is 31.1 Å². The average Bonchev–Trinajstić information content (AvgIpc) is 3.84. The third kappa shape index (κ3) is 16.4. The number of halogens is 1. The molecule has 12 nitrogen and oxygen atoms in total. The molecule has 6 fully saturated rings. The summed E-state index contributed by atoms with van der Waals surface area (Å²) in [4.78, 5) is 16.0. The second-order valence-electron chi connectivity index (χ2n) is 28.8. The summed E-state index contributed by atoms with van der Waals surface area (Å²) in [6, 6.07) is 7.15. The van der Waals surface area contributed by atoms with E-state index in [1.54, 1.807) is 12.1 Å². The van der Waals surface area contributed by atoms with Crippen LogP contribution in [0.2, 0.25) is 36.3 Å². The molecule has 6 saturated heterocycles. The van der Waals surface area contributed by atoms with Crippen molar-refractivity contribution >= 4 is 54.8 Å². The number of Topliss-reactive ketones (excluding diaryl/α,β-unsaturated/α-hetero) is 1. The molecule has 7 rings (SSSR count). The van der Waals surface area contributed by atoms with Crippen molar-refractivity contribution < 1.29 is 55.2 Å². The highest BCUT2D eigenvalue weighted by atomic mass is 127. The Hall–Kier alpha value is -1.14. The number of benzene rings is 1. The van der Waals surface area contributed by atoms with Crippen LogP contribution in [0.1, 0.15) is 172 Å². The second kappa shape index (κ2) is 28.6. The second-order valence-corrected chi connectivity index (χ2v) is 41.1. The Morgan fingerprint density at radius 2 is 1.45 bits per heavy atom. The summed E-state index contributed by atoms with van der Waals surface area (Å²) in [6.45, 7) is 46.3. The van der Waals surface area contributed by atoms with Gasteiger partial charge in [0.15, 0.2) is 38.5 Å². The van der Waals surface area contributed by atoms with Gasteiger partial charge in [-0.3, -0.25) is 4.79 Å². The largest absolute Gasteiger partial charge is 0.411 e. The van der Waals surface area contributed by atoms with Crippen LogP contribution in [-0.2, 0) is 63.1 Å². The first-order valence-electron chi connectivity index (χ1n) is 31.7. The van der Waals surface area contributed by atoms with E-state index in [2.05, 4.69) is 151 Å². The Balaban J connectivity index is 1.15. The lowest BCUT2D eigenvalue weighted by Crippen LogP contribution is -2.64. The molecule has 0 aliphatic carbocycles. The number of ether oxygens (including phenoxy) is 7. The molecular formula is C66H109IO12SSi2. The fourth-order valence-electron chi connectivity index (χ4n) is 13.2. The molecule has 0 aromatic heterocycles. The molecule has 1 aromatic rings. The summed E-state index contributed by atoms with van der Waals surface area (Å²) < 4.78 is 95.1. The van der Waals surface area contributed by atoms with Crippen molar-refractivity contribution in [3.8, 4) is 0 Å². The highest BCUT2D eigenvalue weighted by Crippen LogP contribution is 2.49. The Bertz CT molecular complexity index is 2410. The summed E-state index contributed by atoms with van der Waals surface area (Å²) in [5.74, 6) is -0.833. The SMILES string of the molecule is C=C1C[C@H](CCC2OCCCO2)O[C@H]1CC[C@H]1C[C@H](C)C(=C)[C@@H](C[C@@H]2O[C@H](C[C@H](C)CC)[C@@H](C)[C@H]2C(C(=O)C[C@H]2CC[C@@H]3O[C@H]([C@H](/C=C/I)O[Si](C)(C)C(C)(C)C)[C@@H](O[Si](C)(C)C(C)(C)C)[C@@H](C)[C@@H]3O2)S(=O)(=O)c2ccc(CC)cc2)O1. The predicted molar refractivity (Wildman–Crippen MR) is 342 cm³/mol. The molecule has 0 amide bonds. The fraction of sp³-hybridized carbons (Fsp3) is 0.803. The number of aryl methyl sites for hydroxylation is 1. The standard InChI is InChI=1S/C66H109IO12SSi2/c1-19-41(3)36-56-45(7)60(58(76-56)40-57-44(6)42(4)37-48(74-57)24-29-53-43(5)38-49(73-53)26-31-59-71-34-21-35-72-59)64(80(69,70)51-27-22-47(20-2)23-28-51)52(68)39-50-25-30-54-61(75-50)46(8)62(79-82(17,18)66(12,13)14)63(77-54)55(32-33-67)78-81(15,16)65(9,10)11/h22-23,27-28,32-33,41-42,45-46,48-50,53-64H,5-6,19-21,24-26,29-31,34-40H2,1-4,7-18H3/b33-32+/t41-,42+,45-,46+,48+,49+,50-,53+,54+,55+,56-,57-,58+,60-,61+,62+,63-,64?/m1/s1. The van der Waals surface area contributed by atoms with Gasteiger partial charge in [0.25, 0.3) is 0 Å². The molecule has 466 valence electrons. The summed E-state index contributed by atoms with van der Waals surface area (Å²) >= 11 is 2.29. The number of rotatable bonds is 24. The van der Waals surface area contributed by atoms with E-state index in [4.69, 9.17) is 42.0 Å². The van der Waals surface area contributed by atoms with Crippen LogP contribution in [-0.4, -0.2) is 129 Å². The zero-order chi connectivity index (χ0) is 60.3. The quantitative estimate of drug-likeness (QED) is 0.0554. The lowest BCUT2D eigenvalue weighted by molar-refractivity contribution is -0.251. The molecule has 18 atom stereocenters. The maximum atomic E-state index is 15.8. The van der Waals surface area contributed by atoms with E-state index in [0.717, 1.165) is 94.1 Å². The molecule has 1 aromatic carbocycles. The summed E-state index contributed by atoms with van der Waals surface area (Å²) in [5.41, 5.74) is 3.14. The van der Waals surface area contributed by atoms with Crippen LogP contribution in [0.4, 0.5) is 0 Å². The summed E-state index contributed by atoms with van der Waals surface area (Å²) in [7, 11) is -8.92. The van der Waals surface area contributed by atoms with Crippen LogP contribution in [0.5, 0.6) is 0 Å². The van der Waals surface area contributed by atoms with Crippen molar-refractivity contribution in [2.24, 2.45) is 29.6 Å². The zero-order valence-electron chi connectivity index (χ0n) is 53.3. The minimum Gasteiger partial charge on any atom is -0.411 e. The van der Waals surface area contributed by atoms with Gasteiger partial charge in [-0.05, 0) is 157 Å². The summed E-state index contributed by atoms with van der Waals surface area (Å²) in [6.07, 6.45) is 8.42. The summed E-state index contributed by atoms with van der Waals surface area (Å²) in [5, 5.41) is -1.47. The number of fused-ring (bicyclic) bond motifs is 1. The first kappa shape index (κ1) is 68.4. The molecule has 16 heteroatoms. The highest BCUT2D eigenvalue weighted by molar-refractivity contribution is 14.1. The van der Waals surface area contributed by atoms with Gasteiger partial charge < -0.3 is 42.0 Å². The van der Waals surface area contributed by atoms with Gasteiger partial charge in [-0.25, -0.2) is 8.42 Å². The topological polar surface area (TPSA) is 134 Å². The van der Waals surface area contributed by atoms with E-state index < -0.39 is 49.8 Å². The van der Waals surface area contributed by atoms with Gasteiger partial charge in [-0.15, -0.1) is 0 Å². The molecule has 0 N–H and O–H groups in total. The minimum atomic E-state index is -4.26. The van der Waals surface area contributed by atoms with Crippen molar-refractivity contribution in [3.05, 3.63) is 64.3 Å². The van der Waals surface area contributed by atoms with Crippen LogP contribution < -0.4 is 0 Å². The van der Waals surface area contributed by atoms with Crippen LogP contribution in [0.15, 0.2) is 63.6 Å². The Morgan fingerprint density at radius 3 is 2.07 bits per heavy atom. The fourth-order valence-corrected chi connectivity index (χ4v) is 18.3. The van der Waals surface area contributed by atoms with Crippen LogP contribution in [0.3, 0.4) is 0 Å². The highest BCUT2D eigenvalue weighted by Gasteiger charge is 2.57. The number of hydrogen-bond donors (Lipinski definition) is 0. The van der Waals surface area contributed by atoms with Gasteiger partial charge in [0.05, 0.1) is 85.3 Å². The number of carbonyl (C=O) groups is 1. The van der Waals surface area contributed by atoms with E-state index in [1.807, 2.05) is 16.2 Å². The predicted octanol–water partition coefficient (Wildman–Crippen LogP) is 15.3. The first-order chi connectivity index (χ1) is 38.4. The third-order valence-corrected chi connectivity index (χ3v) is 32.3. The van der Waals surface area contributed by atoms with Gasteiger partial charge >= 0.3 is 0 Å². The smallest absolute Gasteiger partial charge is 0.193 e. The molecular weight excluding hydrogens is 1200 g/mol. The van der Waals surface area contributed by atoms with E-state index in [0.29, 0.717) is 25.2 Å². The van der Waals surface area contributed by atoms with E-state index in [1.165, 1.54) is 0 Å². The number of hydrogen-bond acceptors (Lipinski definition) is 12. The molecule has 6 aliphatic rings. The molecule has 1 unspecified atom stereocenters. The molecule has 6 aliphatic heterocycles. The lowest BCUT2D eigenvalue weighted by Gasteiger charge is -2.54. The van der Waals surface area contributed by atoms with E-state index in [-0.39, 0.29) is 112 Å². The molecule has 0 saturated carbocycles. The molecule has 0 radical (unpaired) electrons.